The summed E-state index contributed by atoms with van der Waals surface area (Å²) in [5, 5.41) is 8.88. The maximum atomic E-state index is 11.8. The molecule has 6 heteroatoms. The molecule has 1 aliphatic rings. The van der Waals surface area contributed by atoms with Crippen LogP contribution in [0.2, 0.25) is 0 Å². The Morgan fingerprint density at radius 1 is 1.47 bits per heavy atom. The van der Waals surface area contributed by atoms with E-state index in [1.165, 1.54) is 0 Å². The van der Waals surface area contributed by atoms with Gasteiger partial charge in [-0.3, -0.25) is 9.78 Å². The Labute approximate surface area is 99.2 Å². The third-order valence-corrected chi connectivity index (χ3v) is 2.88. The minimum atomic E-state index is -0.159. The number of H-pyrrole nitrogens is 1. The number of hydrogen-bond donors (Lipinski definition) is 2. The Hall–Kier alpha value is -1.40. The molecule has 1 aliphatic heterocycles. The van der Waals surface area contributed by atoms with Gasteiger partial charge in [0.15, 0.2) is 0 Å². The van der Waals surface area contributed by atoms with Crippen molar-refractivity contribution >= 4 is 5.95 Å². The summed E-state index contributed by atoms with van der Waals surface area (Å²) in [6, 6.07) is 0. The van der Waals surface area contributed by atoms with Crippen LogP contribution in [-0.2, 0) is 11.2 Å². The van der Waals surface area contributed by atoms with E-state index in [-0.39, 0.29) is 12.2 Å². The molecule has 2 heterocycles. The van der Waals surface area contributed by atoms with Crippen LogP contribution in [0.4, 0.5) is 5.95 Å². The van der Waals surface area contributed by atoms with E-state index in [0.29, 0.717) is 36.8 Å². The fourth-order valence-corrected chi connectivity index (χ4v) is 1.93. The largest absolute Gasteiger partial charge is 0.396 e. The van der Waals surface area contributed by atoms with Crippen molar-refractivity contribution in [2.75, 3.05) is 37.8 Å². The highest BCUT2D eigenvalue weighted by molar-refractivity contribution is 5.33. The number of nitrogens with zero attached hydrogens (tertiary/aromatic N) is 2. The maximum Gasteiger partial charge on any atom is 0.255 e. The molecule has 0 bridgehead atoms. The van der Waals surface area contributed by atoms with E-state index in [1.54, 1.807) is 6.92 Å². The van der Waals surface area contributed by atoms with E-state index in [9.17, 15) is 4.79 Å². The van der Waals surface area contributed by atoms with Gasteiger partial charge in [-0.25, -0.2) is 4.98 Å². The number of aliphatic hydroxyl groups is 1. The summed E-state index contributed by atoms with van der Waals surface area (Å²) in [5.41, 5.74) is 1.09. The van der Waals surface area contributed by atoms with Crippen LogP contribution in [0.1, 0.15) is 11.3 Å². The lowest BCUT2D eigenvalue weighted by atomic mass is 10.2. The number of aryl methyl sites for hydroxylation is 1. The smallest absolute Gasteiger partial charge is 0.255 e. The highest BCUT2D eigenvalue weighted by Crippen LogP contribution is 2.10. The molecule has 1 fully saturated rings. The van der Waals surface area contributed by atoms with Crippen molar-refractivity contribution in [1.29, 1.82) is 0 Å². The fraction of sp³-hybridized carbons (Fsp3) is 0.636. The lowest BCUT2D eigenvalue weighted by Gasteiger charge is -2.27. The first kappa shape index (κ1) is 12.1. The van der Waals surface area contributed by atoms with Crippen molar-refractivity contribution in [2.45, 2.75) is 13.3 Å². The number of morpholine rings is 1. The highest BCUT2D eigenvalue weighted by Gasteiger charge is 2.15. The van der Waals surface area contributed by atoms with Crippen LogP contribution in [0.5, 0.6) is 0 Å². The van der Waals surface area contributed by atoms with Crippen LogP contribution < -0.4 is 10.5 Å². The zero-order chi connectivity index (χ0) is 12.3. The van der Waals surface area contributed by atoms with Gasteiger partial charge in [-0.05, 0) is 6.92 Å². The second-order valence-electron chi connectivity index (χ2n) is 4.03. The molecule has 0 unspecified atom stereocenters. The van der Waals surface area contributed by atoms with Crippen molar-refractivity contribution in [2.24, 2.45) is 0 Å². The van der Waals surface area contributed by atoms with Gasteiger partial charge in [-0.2, -0.15) is 0 Å². The maximum absolute atomic E-state index is 11.8. The SMILES string of the molecule is Cc1nc(N2CCOCC2)[nH]c(=O)c1CCO. The van der Waals surface area contributed by atoms with E-state index < -0.39 is 0 Å². The number of aromatic amines is 1. The van der Waals surface area contributed by atoms with Gasteiger partial charge in [0.25, 0.3) is 5.56 Å². The summed E-state index contributed by atoms with van der Waals surface area (Å²) in [7, 11) is 0. The van der Waals surface area contributed by atoms with Gasteiger partial charge in [0.05, 0.1) is 18.9 Å². The Balaban J connectivity index is 2.27. The van der Waals surface area contributed by atoms with Crippen molar-refractivity contribution in [1.82, 2.24) is 9.97 Å². The highest BCUT2D eigenvalue weighted by atomic mass is 16.5. The van der Waals surface area contributed by atoms with Gasteiger partial charge in [0.1, 0.15) is 0 Å². The first-order valence-corrected chi connectivity index (χ1v) is 5.75. The summed E-state index contributed by atoms with van der Waals surface area (Å²) < 4.78 is 5.25. The van der Waals surface area contributed by atoms with Crippen LogP contribution in [0.15, 0.2) is 4.79 Å². The van der Waals surface area contributed by atoms with E-state index in [4.69, 9.17) is 9.84 Å². The van der Waals surface area contributed by atoms with Gasteiger partial charge in [-0.15, -0.1) is 0 Å². The average molecular weight is 239 g/mol. The number of nitrogens with one attached hydrogen (secondary N) is 1. The number of aliphatic hydroxyl groups excluding tert-OH is 1. The normalized spacial score (nSPS) is 16.2. The van der Waals surface area contributed by atoms with Gasteiger partial charge >= 0.3 is 0 Å². The van der Waals surface area contributed by atoms with Crippen LogP contribution in [0.25, 0.3) is 0 Å². The van der Waals surface area contributed by atoms with Gasteiger partial charge in [0, 0.05) is 31.7 Å². The van der Waals surface area contributed by atoms with Gasteiger partial charge in [-0.1, -0.05) is 0 Å². The third kappa shape index (κ3) is 2.65. The number of aromatic nitrogens is 2. The molecule has 1 saturated heterocycles. The minimum absolute atomic E-state index is 0.0392. The molecule has 2 N–H and O–H groups in total. The van der Waals surface area contributed by atoms with Crippen LogP contribution in [0.3, 0.4) is 0 Å². The molecule has 94 valence electrons. The summed E-state index contributed by atoms with van der Waals surface area (Å²) in [4.78, 5) is 21.0. The molecule has 0 radical (unpaired) electrons. The zero-order valence-corrected chi connectivity index (χ0v) is 9.90. The molecular formula is C11H17N3O3. The van der Waals surface area contributed by atoms with Crippen molar-refractivity contribution < 1.29 is 9.84 Å². The predicted octanol–water partition coefficient (Wildman–Crippen LogP) is -0.550. The van der Waals surface area contributed by atoms with Crippen LogP contribution in [-0.4, -0.2) is 48.0 Å². The number of ether oxygens (including phenoxy) is 1. The van der Waals surface area contributed by atoms with Gasteiger partial charge < -0.3 is 14.7 Å². The van der Waals surface area contributed by atoms with E-state index in [1.807, 2.05) is 4.90 Å². The Morgan fingerprint density at radius 3 is 2.76 bits per heavy atom. The summed E-state index contributed by atoms with van der Waals surface area (Å²) in [6.07, 6.45) is 0.345. The minimum Gasteiger partial charge on any atom is -0.396 e. The molecule has 17 heavy (non-hydrogen) atoms. The molecule has 0 aromatic carbocycles. The average Bonchev–Trinajstić information content (AvgIpc) is 2.35. The molecule has 1 aromatic heterocycles. The number of hydrogen-bond acceptors (Lipinski definition) is 5. The molecule has 0 saturated carbocycles. The lowest BCUT2D eigenvalue weighted by molar-refractivity contribution is 0.122. The lowest BCUT2D eigenvalue weighted by Crippen LogP contribution is -2.38. The van der Waals surface area contributed by atoms with Crippen molar-refractivity contribution in [3.05, 3.63) is 21.6 Å². The Kier molecular flexibility index (Phi) is 3.75. The number of anilines is 1. The molecule has 0 aliphatic carbocycles. The topological polar surface area (TPSA) is 78.5 Å². The molecule has 0 spiro atoms. The molecule has 0 atom stereocenters. The number of rotatable bonds is 3. The third-order valence-electron chi connectivity index (χ3n) is 2.88. The summed E-state index contributed by atoms with van der Waals surface area (Å²) in [5.74, 6) is 0.595. The summed E-state index contributed by atoms with van der Waals surface area (Å²) >= 11 is 0. The quantitative estimate of drug-likeness (QED) is 0.740. The second-order valence-corrected chi connectivity index (χ2v) is 4.03. The van der Waals surface area contributed by atoms with Crippen molar-refractivity contribution in [3.8, 4) is 0 Å². The fourth-order valence-electron chi connectivity index (χ4n) is 1.93. The van der Waals surface area contributed by atoms with Crippen LogP contribution in [0, 0.1) is 6.92 Å². The molecule has 2 rings (SSSR count). The first-order chi connectivity index (χ1) is 8.22. The zero-order valence-electron chi connectivity index (χ0n) is 9.90. The second kappa shape index (κ2) is 5.29. The molecule has 0 amide bonds. The first-order valence-electron chi connectivity index (χ1n) is 5.75. The standard InChI is InChI=1S/C11H17N3O3/c1-8-9(2-5-15)10(16)13-11(12-8)14-3-6-17-7-4-14/h15H,2-7H2,1H3,(H,12,13,16). The van der Waals surface area contributed by atoms with E-state index >= 15 is 0 Å². The van der Waals surface area contributed by atoms with Crippen LogP contribution >= 0.6 is 0 Å². The summed E-state index contributed by atoms with van der Waals surface area (Å²) in [6.45, 7) is 4.54. The molecule has 6 nitrogen and oxygen atoms in total. The molecule has 1 aromatic rings. The Morgan fingerprint density at radius 2 is 2.18 bits per heavy atom. The predicted molar refractivity (Wildman–Crippen MR) is 63.4 cm³/mol. The monoisotopic (exact) mass is 239 g/mol. The van der Waals surface area contributed by atoms with Crippen molar-refractivity contribution in [3.63, 3.8) is 0 Å². The molecular weight excluding hydrogens is 222 g/mol. The van der Waals surface area contributed by atoms with E-state index in [2.05, 4.69) is 9.97 Å². The van der Waals surface area contributed by atoms with Gasteiger partial charge in [0.2, 0.25) is 5.95 Å². The Bertz CT molecular complexity index is 438. The van der Waals surface area contributed by atoms with E-state index in [0.717, 1.165) is 13.1 Å².